The minimum absolute atomic E-state index is 0.0392. The molecule has 0 spiro atoms. The van der Waals surface area contributed by atoms with E-state index in [1.807, 2.05) is 6.92 Å². The van der Waals surface area contributed by atoms with Gasteiger partial charge in [0.1, 0.15) is 23.1 Å². The largest absolute Gasteiger partial charge is 0.300 e. The molecule has 0 aliphatic rings. The Morgan fingerprint density at radius 1 is 0.900 bits per heavy atom. The molecule has 0 fully saturated rings. The van der Waals surface area contributed by atoms with E-state index in [2.05, 4.69) is 0 Å². The Bertz CT molecular complexity index is 357. The second-order valence-electron chi connectivity index (χ2n) is 5.48. The monoisotopic (exact) mass is 282 g/mol. The van der Waals surface area contributed by atoms with Gasteiger partial charge in [-0.25, -0.2) is 0 Å². The Morgan fingerprint density at radius 3 is 1.95 bits per heavy atom. The summed E-state index contributed by atoms with van der Waals surface area (Å²) in [5.41, 5.74) is 0. The van der Waals surface area contributed by atoms with Crippen molar-refractivity contribution in [2.24, 2.45) is 5.92 Å². The number of hydrogen-bond acceptors (Lipinski definition) is 4. The first-order chi connectivity index (χ1) is 9.36. The normalized spacial score (nSPS) is 11.9. The van der Waals surface area contributed by atoms with Crippen molar-refractivity contribution in [1.29, 1.82) is 0 Å². The molecule has 0 aromatic carbocycles. The van der Waals surface area contributed by atoms with Gasteiger partial charge in [-0.05, 0) is 26.2 Å². The van der Waals surface area contributed by atoms with Crippen LogP contribution in [0.25, 0.3) is 0 Å². The van der Waals surface area contributed by atoms with E-state index in [9.17, 15) is 19.2 Å². The molecule has 0 rings (SSSR count). The first-order valence-corrected chi connectivity index (χ1v) is 7.42. The summed E-state index contributed by atoms with van der Waals surface area (Å²) in [6.07, 6.45) is 3.99. The molecule has 0 aromatic heterocycles. The van der Waals surface area contributed by atoms with Crippen molar-refractivity contribution in [2.75, 3.05) is 0 Å². The van der Waals surface area contributed by atoms with Crippen molar-refractivity contribution in [3.05, 3.63) is 0 Å². The average Bonchev–Trinajstić information content (AvgIpc) is 2.34. The summed E-state index contributed by atoms with van der Waals surface area (Å²) in [5.74, 6) is -0.414. The summed E-state index contributed by atoms with van der Waals surface area (Å²) < 4.78 is 0. The van der Waals surface area contributed by atoms with Gasteiger partial charge in [0.2, 0.25) is 0 Å². The quantitative estimate of drug-likeness (QED) is 0.407. The third-order valence-electron chi connectivity index (χ3n) is 3.20. The predicted molar refractivity (Wildman–Crippen MR) is 77.5 cm³/mol. The Morgan fingerprint density at radius 2 is 1.45 bits per heavy atom. The number of hydrogen-bond donors (Lipinski definition) is 0. The zero-order chi connectivity index (χ0) is 15.5. The number of rotatable bonds is 12. The van der Waals surface area contributed by atoms with Crippen LogP contribution in [0.3, 0.4) is 0 Å². The molecule has 1 atom stereocenters. The molecule has 0 bridgehead atoms. The molecule has 0 heterocycles. The molecule has 114 valence electrons. The maximum absolute atomic E-state index is 11.7. The number of carbonyl (C=O) groups excluding carboxylic acids is 4. The third kappa shape index (κ3) is 9.59. The van der Waals surface area contributed by atoms with Gasteiger partial charge in [0.05, 0.1) is 6.42 Å². The number of Topliss-reactive ketones (excluding diaryl/α,β-unsaturated/α-hetero) is 4. The van der Waals surface area contributed by atoms with E-state index in [0.717, 1.165) is 12.8 Å². The van der Waals surface area contributed by atoms with E-state index < -0.39 is 0 Å². The van der Waals surface area contributed by atoms with Crippen molar-refractivity contribution < 1.29 is 19.2 Å². The van der Waals surface area contributed by atoms with Crippen LogP contribution < -0.4 is 0 Å². The van der Waals surface area contributed by atoms with E-state index in [-0.39, 0.29) is 41.9 Å². The molecule has 0 radical (unpaired) electrons. The SMILES string of the molecule is CCCC(=O)CCCCC(=O)CC(C)C(=O)CC(C)=O. The van der Waals surface area contributed by atoms with Crippen LogP contribution in [0.4, 0.5) is 0 Å². The fraction of sp³-hybridized carbons (Fsp3) is 0.750. The van der Waals surface area contributed by atoms with Crippen LogP contribution in [0.15, 0.2) is 0 Å². The van der Waals surface area contributed by atoms with Crippen LogP contribution in [0.1, 0.15) is 72.1 Å². The molecule has 20 heavy (non-hydrogen) atoms. The lowest BCUT2D eigenvalue weighted by molar-refractivity contribution is -0.131. The van der Waals surface area contributed by atoms with Gasteiger partial charge in [-0.1, -0.05) is 13.8 Å². The third-order valence-corrected chi connectivity index (χ3v) is 3.20. The molecule has 0 aliphatic carbocycles. The summed E-state index contributed by atoms with van der Waals surface area (Å²) >= 11 is 0. The highest BCUT2D eigenvalue weighted by Gasteiger charge is 2.17. The smallest absolute Gasteiger partial charge is 0.143 e. The molecule has 0 amide bonds. The van der Waals surface area contributed by atoms with E-state index in [1.54, 1.807) is 6.92 Å². The molecule has 0 N–H and O–H groups in total. The highest BCUT2D eigenvalue weighted by atomic mass is 16.2. The van der Waals surface area contributed by atoms with Crippen LogP contribution >= 0.6 is 0 Å². The summed E-state index contributed by atoms with van der Waals surface area (Å²) in [4.78, 5) is 45.4. The van der Waals surface area contributed by atoms with E-state index in [4.69, 9.17) is 0 Å². The fourth-order valence-electron chi connectivity index (χ4n) is 2.03. The van der Waals surface area contributed by atoms with E-state index in [1.165, 1.54) is 6.92 Å². The van der Waals surface area contributed by atoms with Crippen molar-refractivity contribution in [3.8, 4) is 0 Å². The van der Waals surface area contributed by atoms with Crippen molar-refractivity contribution in [3.63, 3.8) is 0 Å². The lowest BCUT2D eigenvalue weighted by atomic mass is 9.94. The molecule has 0 saturated carbocycles. The topological polar surface area (TPSA) is 68.3 Å². The molecular formula is C16H26O4. The molecule has 4 nitrogen and oxygen atoms in total. The van der Waals surface area contributed by atoms with Gasteiger partial charge >= 0.3 is 0 Å². The lowest BCUT2D eigenvalue weighted by Gasteiger charge is -2.08. The Hall–Kier alpha value is -1.32. The Kier molecular flexibility index (Phi) is 9.77. The van der Waals surface area contributed by atoms with Crippen LogP contribution in [0, 0.1) is 5.92 Å². The van der Waals surface area contributed by atoms with E-state index in [0.29, 0.717) is 25.7 Å². The summed E-state index contributed by atoms with van der Waals surface area (Å²) in [7, 11) is 0. The maximum Gasteiger partial charge on any atom is 0.143 e. The predicted octanol–water partition coefficient (Wildman–Crippen LogP) is 3.06. The zero-order valence-corrected chi connectivity index (χ0v) is 12.9. The second kappa shape index (κ2) is 10.5. The van der Waals surface area contributed by atoms with E-state index >= 15 is 0 Å². The van der Waals surface area contributed by atoms with Crippen molar-refractivity contribution in [2.45, 2.75) is 72.1 Å². The summed E-state index contributed by atoms with van der Waals surface area (Å²) in [5, 5.41) is 0. The van der Waals surface area contributed by atoms with Gasteiger partial charge in [0.25, 0.3) is 0 Å². The van der Waals surface area contributed by atoms with Gasteiger partial charge in [-0.15, -0.1) is 0 Å². The number of carbonyl (C=O) groups is 4. The number of ketones is 4. The minimum Gasteiger partial charge on any atom is -0.300 e. The fourth-order valence-corrected chi connectivity index (χ4v) is 2.03. The Balaban J connectivity index is 3.80. The highest BCUT2D eigenvalue weighted by Crippen LogP contribution is 2.11. The standard InChI is InChI=1S/C16H26O4/c1-4-7-14(18)8-5-6-9-15(19)10-12(2)16(20)11-13(3)17/h12H,4-11H2,1-3H3. The van der Waals surface area contributed by atoms with Crippen molar-refractivity contribution >= 4 is 23.1 Å². The molecule has 0 saturated heterocycles. The minimum atomic E-state index is -0.381. The summed E-state index contributed by atoms with van der Waals surface area (Å²) in [6, 6.07) is 0. The van der Waals surface area contributed by atoms with Crippen LogP contribution in [0.5, 0.6) is 0 Å². The second-order valence-corrected chi connectivity index (χ2v) is 5.48. The van der Waals surface area contributed by atoms with Crippen LogP contribution in [0.2, 0.25) is 0 Å². The number of unbranched alkanes of at least 4 members (excludes halogenated alkanes) is 1. The first-order valence-electron chi connectivity index (χ1n) is 7.42. The summed E-state index contributed by atoms with van der Waals surface area (Å²) in [6.45, 7) is 5.04. The molecule has 0 aliphatic heterocycles. The van der Waals surface area contributed by atoms with Gasteiger partial charge in [-0.3, -0.25) is 19.2 Å². The molecule has 4 heteroatoms. The van der Waals surface area contributed by atoms with Gasteiger partial charge in [0.15, 0.2) is 0 Å². The first kappa shape index (κ1) is 18.7. The Labute approximate surface area is 121 Å². The molecule has 0 aromatic rings. The zero-order valence-electron chi connectivity index (χ0n) is 12.9. The highest BCUT2D eigenvalue weighted by molar-refractivity contribution is 6.00. The lowest BCUT2D eigenvalue weighted by Crippen LogP contribution is -2.17. The van der Waals surface area contributed by atoms with Crippen LogP contribution in [-0.2, 0) is 19.2 Å². The molecule has 1 unspecified atom stereocenters. The van der Waals surface area contributed by atoms with Gasteiger partial charge < -0.3 is 0 Å². The van der Waals surface area contributed by atoms with Crippen molar-refractivity contribution in [1.82, 2.24) is 0 Å². The van der Waals surface area contributed by atoms with Gasteiger partial charge in [0, 0.05) is 31.6 Å². The molecular weight excluding hydrogens is 256 g/mol. The average molecular weight is 282 g/mol. The maximum atomic E-state index is 11.7. The van der Waals surface area contributed by atoms with Crippen LogP contribution in [-0.4, -0.2) is 23.1 Å². The van der Waals surface area contributed by atoms with Gasteiger partial charge in [-0.2, -0.15) is 0 Å².